The van der Waals surface area contributed by atoms with E-state index in [1.807, 2.05) is 32.9 Å². The highest BCUT2D eigenvalue weighted by atomic mass is 19.1. The summed E-state index contributed by atoms with van der Waals surface area (Å²) in [6.07, 6.45) is 1.92. The molecule has 2 nitrogen and oxygen atoms in total. The van der Waals surface area contributed by atoms with Gasteiger partial charge in [0.15, 0.2) is 11.6 Å². The van der Waals surface area contributed by atoms with Gasteiger partial charge >= 0.3 is 0 Å². The molecule has 0 aliphatic carbocycles. The van der Waals surface area contributed by atoms with Crippen molar-refractivity contribution in [2.24, 2.45) is 0 Å². The van der Waals surface area contributed by atoms with Gasteiger partial charge < -0.3 is 10.1 Å². The Morgan fingerprint density at radius 2 is 2.18 bits per heavy atom. The van der Waals surface area contributed by atoms with E-state index in [4.69, 9.17) is 4.74 Å². The molecule has 0 amide bonds. The van der Waals surface area contributed by atoms with Crippen LogP contribution < -0.4 is 10.1 Å². The van der Waals surface area contributed by atoms with Crippen molar-refractivity contribution in [3.63, 3.8) is 0 Å². The van der Waals surface area contributed by atoms with Crippen LogP contribution in [-0.4, -0.2) is 13.2 Å². The molecule has 0 radical (unpaired) electrons. The van der Waals surface area contributed by atoms with Gasteiger partial charge in [0.05, 0.1) is 0 Å². The molecule has 1 aromatic rings. The first-order chi connectivity index (χ1) is 8.13. The zero-order valence-electron chi connectivity index (χ0n) is 10.7. The quantitative estimate of drug-likeness (QED) is 0.767. The lowest BCUT2D eigenvalue weighted by molar-refractivity contribution is 0.340. The molecule has 0 aliphatic heterocycles. The molecule has 0 saturated carbocycles. The van der Waals surface area contributed by atoms with E-state index in [-0.39, 0.29) is 5.82 Å². The second kappa shape index (κ2) is 7.07. The fourth-order valence-electron chi connectivity index (χ4n) is 1.34. The SMILES string of the molecule is CCNCc1ccc(OCC=C(C)C)c(F)c1. The Kier molecular flexibility index (Phi) is 5.70. The van der Waals surface area contributed by atoms with Gasteiger partial charge in [-0.2, -0.15) is 0 Å². The van der Waals surface area contributed by atoms with Crippen molar-refractivity contribution in [1.82, 2.24) is 5.32 Å². The van der Waals surface area contributed by atoms with Crippen LogP contribution in [-0.2, 0) is 6.54 Å². The van der Waals surface area contributed by atoms with E-state index in [2.05, 4.69) is 5.32 Å². The third kappa shape index (κ3) is 5.00. The number of hydrogen-bond acceptors (Lipinski definition) is 2. The Balaban J connectivity index is 2.59. The van der Waals surface area contributed by atoms with E-state index in [9.17, 15) is 4.39 Å². The summed E-state index contributed by atoms with van der Waals surface area (Å²) in [6.45, 7) is 7.96. The van der Waals surface area contributed by atoms with Gasteiger partial charge in [-0.1, -0.05) is 18.6 Å². The molecule has 0 bridgehead atoms. The minimum absolute atomic E-state index is 0.303. The average Bonchev–Trinajstić information content (AvgIpc) is 2.28. The van der Waals surface area contributed by atoms with Gasteiger partial charge in [0.1, 0.15) is 6.61 Å². The van der Waals surface area contributed by atoms with Crippen molar-refractivity contribution in [2.75, 3.05) is 13.2 Å². The molecule has 1 rings (SSSR count). The average molecular weight is 237 g/mol. The number of halogens is 1. The molecule has 0 saturated heterocycles. The summed E-state index contributed by atoms with van der Waals surface area (Å²) in [6, 6.07) is 5.07. The first kappa shape index (κ1) is 13.7. The molecule has 1 aromatic carbocycles. The zero-order chi connectivity index (χ0) is 12.7. The van der Waals surface area contributed by atoms with Crippen LogP contribution in [0.5, 0.6) is 5.75 Å². The van der Waals surface area contributed by atoms with Gasteiger partial charge in [0.2, 0.25) is 0 Å². The number of rotatable bonds is 6. The number of benzene rings is 1. The predicted octanol–water partition coefficient (Wildman–Crippen LogP) is 3.28. The van der Waals surface area contributed by atoms with Gasteiger partial charge in [-0.3, -0.25) is 0 Å². The lowest BCUT2D eigenvalue weighted by Gasteiger charge is -2.07. The highest BCUT2D eigenvalue weighted by Gasteiger charge is 2.03. The Bertz CT molecular complexity index is 384. The van der Waals surface area contributed by atoms with Crippen LogP contribution in [0, 0.1) is 5.82 Å². The molecule has 0 heterocycles. The van der Waals surface area contributed by atoms with Gasteiger partial charge in [-0.25, -0.2) is 4.39 Å². The van der Waals surface area contributed by atoms with Gasteiger partial charge in [0, 0.05) is 6.54 Å². The third-order valence-corrected chi connectivity index (χ3v) is 2.31. The van der Waals surface area contributed by atoms with E-state index >= 15 is 0 Å². The molecule has 0 fully saturated rings. The summed E-state index contributed by atoms with van der Waals surface area (Å²) < 4.78 is 19.0. The van der Waals surface area contributed by atoms with Crippen molar-refractivity contribution in [3.8, 4) is 5.75 Å². The molecule has 1 N–H and O–H groups in total. The molecule has 94 valence electrons. The molecule has 0 atom stereocenters. The van der Waals surface area contributed by atoms with Gasteiger partial charge in [-0.15, -0.1) is 0 Å². The van der Waals surface area contributed by atoms with Gasteiger partial charge in [-0.05, 0) is 44.2 Å². The normalized spacial score (nSPS) is 10.1. The van der Waals surface area contributed by atoms with Crippen LogP contribution in [0.3, 0.4) is 0 Å². The number of hydrogen-bond donors (Lipinski definition) is 1. The summed E-state index contributed by atoms with van der Waals surface area (Å²) in [5, 5.41) is 3.15. The van der Waals surface area contributed by atoms with E-state index in [0.29, 0.717) is 18.9 Å². The summed E-state index contributed by atoms with van der Waals surface area (Å²) in [5.41, 5.74) is 2.09. The summed E-state index contributed by atoms with van der Waals surface area (Å²) in [4.78, 5) is 0. The number of ether oxygens (including phenoxy) is 1. The van der Waals surface area contributed by atoms with Crippen LogP contribution in [0.15, 0.2) is 29.8 Å². The molecule has 0 aromatic heterocycles. The largest absolute Gasteiger partial charge is 0.486 e. The molecular weight excluding hydrogens is 217 g/mol. The maximum absolute atomic E-state index is 13.6. The van der Waals surface area contributed by atoms with Crippen LogP contribution in [0.25, 0.3) is 0 Å². The zero-order valence-corrected chi connectivity index (χ0v) is 10.7. The van der Waals surface area contributed by atoms with E-state index in [0.717, 1.165) is 17.7 Å². The molecule has 0 unspecified atom stereocenters. The highest BCUT2D eigenvalue weighted by Crippen LogP contribution is 2.18. The molecule has 3 heteroatoms. The standard InChI is InChI=1S/C14H20FNO/c1-4-16-10-12-5-6-14(13(15)9-12)17-8-7-11(2)3/h5-7,9,16H,4,8,10H2,1-3H3. The van der Waals surface area contributed by atoms with E-state index in [1.54, 1.807) is 6.07 Å². The topological polar surface area (TPSA) is 21.3 Å². The lowest BCUT2D eigenvalue weighted by Crippen LogP contribution is -2.11. The molecule has 0 spiro atoms. The Hall–Kier alpha value is -1.35. The van der Waals surface area contributed by atoms with Crippen molar-refractivity contribution >= 4 is 0 Å². The van der Waals surface area contributed by atoms with E-state index in [1.165, 1.54) is 6.07 Å². The van der Waals surface area contributed by atoms with Crippen molar-refractivity contribution in [1.29, 1.82) is 0 Å². The molecule has 0 aliphatic rings. The minimum Gasteiger partial charge on any atom is -0.486 e. The smallest absolute Gasteiger partial charge is 0.165 e. The van der Waals surface area contributed by atoms with Crippen LogP contribution in [0.2, 0.25) is 0 Å². The number of nitrogens with one attached hydrogen (secondary N) is 1. The van der Waals surface area contributed by atoms with E-state index < -0.39 is 0 Å². The third-order valence-electron chi connectivity index (χ3n) is 2.31. The first-order valence-electron chi connectivity index (χ1n) is 5.88. The van der Waals surface area contributed by atoms with Crippen LogP contribution >= 0.6 is 0 Å². The first-order valence-corrected chi connectivity index (χ1v) is 5.88. The summed E-state index contributed by atoms with van der Waals surface area (Å²) in [7, 11) is 0. The van der Waals surface area contributed by atoms with Crippen molar-refractivity contribution < 1.29 is 9.13 Å². The van der Waals surface area contributed by atoms with Gasteiger partial charge in [0.25, 0.3) is 0 Å². The van der Waals surface area contributed by atoms with Crippen molar-refractivity contribution in [3.05, 3.63) is 41.2 Å². The highest BCUT2D eigenvalue weighted by molar-refractivity contribution is 5.29. The maximum atomic E-state index is 13.6. The molecular formula is C14H20FNO. The number of allylic oxidation sites excluding steroid dienone is 1. The fraction of sp³-hybridized carbons (Fsp3) is 0.429. The second-order valence-electron chi connectivity index (χ2n) is 4.14. The predicted molar refractivity (Wildman–Crippen MR) is 68.7 cm³/mol. The van der Waals surface area contributed by atoms with Crippen LogP contribution in [0.4, 0.5) is 4.39 Å². The maximum Gasteiger partial charge on any atom is 0.165 e. The minimum atomic E-state index is -0.303. The molecule has 17 heavy (non-hydrogen) atoms. The second-order valence-corrected chi connectivity index (χ2v) is 4.14. The summed E-state index contributed by atoms with van der Waals surface area (Å²) in [5.74, 6) is 0.00491. The summed E-state index contributed by atoms with van der Waals surface area (Å²) >= 11 is 0. The Morgan fingerprint density at radius 1 is 1.41 bits per heavy atom. The fourth-order valence-corrected chi connectivity index (χ4v) is 1.34. The Morgan fingerprint density at radius 3 is 2.76 bits per heavy atom. The monoisotopic (exact) mass is 237 g/mol. The van der Waals surface area contributed by atoms with Crippen LogP contribution in [0.1, 0.15) is 26.3 Å². The van der Waals surface area contributed by atoms with Crippen molar-refractivity contribution in [2.45, 2.75) is 27.3 Å². The lowest BCUT2D eigenvalue weighted by atomic mass is 10.2. The Labute approximate surface area is 102 Å².